The van der Waals surface area contributed by atoms with Gasteiger partial charge in [-0.05, 0) is 48.0 Å². The minimum absolute atomic E-state index is 0.0664. The summed E-state index contributed by atoms with van der Waals surface area (Å²) < 4.78 is 0. The molecule has 128 valence electrons. The summed E-state index contributed by atoms with van der Waals surface area (Å²) in [6.45, 7) is 0. The van der Waals surface area contributed by atoms with Gasteiger partial charge in [0.1, 0.15) is 6.20 Å². The van der Waals surface area contributed by atoms with E-state index in [1.54, 1.807) is 41.4 Å². The number of ketones is 1. The fourth-order valence-electron chi connectivity index (χ4n) is 2.38. The van der Waals surface area contributed by atoms with Crippen molar-refractivity contribution in [2.45, 2.75) is 0 Å². The number of carbonyl (C=O) groups excluding carboxylic acids is 1. The third-order valence-electron chi connectivity index (χ3n) is 3.82. The number of aliphatic hydroxyl groups excluding tert-OH is 1. The molecule has 0 amide bonds. The molecule has 2 aromatic rings. The molecule has 25 heavy (non-hydrogen) atoms. The number of hydrogen-bond donors (Lipinski definition) is 2. The second kappa shape index (κ2) is 7.11. The molecule has 1 aliphatic rings. The number of allylic oxidation sites excluding steroid dienone is 1. The number of anilines is 2. The van der Waals surface area contributed by atoms with Crippen LogP contribution in [0.2, 0.25) is 0 Å². The lowest BCUT2D eigenvalue weighted by Gasteiger charge is -2.11. The summed E-state index contributed by atoms with van der Waals surface area (Å²) in [4.78, 5) is 19.2. The highest BCUT2D eigenvalue weighted by molar-refractivity contribution is 6.07. The van der Waals surface area contributed by atoms with Crippen LogP contribution in [0.15, 0.2) is 66.8 Å². The number of nitrogens with two attached hydrogens (primary N) is 1. The lowest BCUT2D eigenvalue weighted by molar-refractivity contribution is -0.881. The van der Waals surface area contributed by atoms with Crippen molar-refractivity contribution < 1.29 is 20.3 Å². The average molecular weight is 338 g/mol. The van der Waals surface area contributed by atoms with Gasteiger partial charge in [-0.15, -0.1) is 0 Å². The van der Waals surface area contributed by atoms with Gasteiger partial charge in [0, 0.05) is 25.3 Å². The number of quaternary nitrogens is 1. The maximum Gasteiger partial charge on any atom is 0.365 e. The predicted octanol–water partition coefficient (Wildman–Crippen LogP) is 2.24. The molecule has 6 heteroatoms. The smallest absolute Gasteiger partial charge is 0.365 e. The summed E-state index contributed by atoms with van der Waals surface area (Å²) >= 11 is 0. The number of hydrogen-bond acceptors (Lipinski definition) is 5. The van der Waals surface area contributed by atoms with Gasteiger partial charge < -0.3 is 10.0 Å². The van der Waals surface area contributed by atoms with Crippen molar-refractivity contribution in [3.63, 3.8) is 0 Å². The molecule has 0 aromatic heterocycles. The lowest BCUT2D eigenvalue weighted by atomic mass is 10.1. The van der Waals surface area contributed by atoms with Crippen LogP contribution in [0, 0.1) is 0 Å². The van der Waals surface area contributed by atoms with Crippen molar-refractivity contribution in [2.75, 3.05) is 24.0 Å². The van der Waals surface area contributed by atoms with E-state index >= 15 is 0 Å². The second-order valence-electron chi connectivity index (χ2n) is 5.83. The monoisotopic (exact) mass is 338 g/mol. The lowest BCUT2D eigenvalue weighted by Crippen LogP contribution is -2.89. The summed E-state index contributed by atoms with van der Waals surface area (Å²) in [6.07, 6.45) is 4.82. The van der Waals surface area contributed by atoms with Gasteiger partial charge in [0.05, 0.1) is 5.69 Å². The van der Waals surface area contributed by atoms with Crippen molar-refractivity contribution in [3.8, 4) is 0 Å². The van der Waals surface area contributed by atoms with E-state index < -0.39 is 0 Å². The van der Waals surface area contributed by atoms with E-state index in [1.165, 1.54) is 11.8 Å². The van der Waals surface area contributed by atoms with Crippen LogP contribution in [0.4, 0.5) is 11.4 Å². The van der Waals surface area contributed by atoms with E-state index in [9.17, 15) is 9.90 Å². The third kappa shape index (κ3) is 3.99. The molecule has 0 saturated heterocycles. The molecule has 2 aromatic carbocycles. The first-order chi connectivity index (χ1) is 12.0. The van der Waals surface area contributed by atoms with E-state index in [0.717, 1.165) is 16.9 Å². The Bertz CT molecular complexity index is 809. The molecule has 0 spiro atoms. The molecule has 1 aliphatic heterocycles. The van der Waals surface area contributed by atoms with Crippen LogP contribution >= 0.6 is 0 Å². The largest absolute Gasteiger partial charge is 0.476 e. The van der Waals surface area contributed by atoms with Crippen LogP contribution in [0.5, 0.6) is 0 Å². The highest BCUT2D eigenvalue weighted by Crippen LogP contribution is 2.16. The van der Waals surface area contributed by atoms with Gasteiger partial charge in [0.15, 0.2) is 5.78 Å². The molecule has 0 radical (unpaired) electrons. The van der Waals surface area contributed by atoms with Gasteiger partial charge >= 0.3 is 5.95 Å². The summed E-state index contributed by atoms with van der Waals surface area (Å²) in [7, 11) is 3.97. The number of carbonyl (C=O) groups is 1. The summed E-state index contributed by atoms with van der Waals surface area (Å²) in [5, 5.41) is 10.9. The van der Waals surface area contributed by atoms with E-state index in [1.807, 2.05) is 43.3 Å². The average Bonchev–Trinajstić information content (AvgIpc) is 3.06. The quantitative estimate of drug-likeness (QED) is 0.497. The molecule has 0 fully saturated rings. The first-order valence-electron chi connectivity index (χ1n) is 7.82. The molecule has 6 nitrogen and oxygen atoms in total. The SMILES string of the molecule is CN(C)c1ccc(/C=C/C(=O)c2ccc(N3C=C(O)O[NH2+]3)cc2)cc1. The fourth-order valence-corrected chi connectivity index (χ4v) is 2.38. The Morgan fingerprint density at radius 3 is 2.36 bits per heavy atom. The number of aliphatic hydroxyl groups is 1. The minimum Gasteiger partial charge on any atom is -0.476 e. The topological polar surface area (TPSA) is 69.6 Å². The summed E-state index contributed by atoms with van der Waals surface area (Å²) in [5.41, 5.74) is 4.87. The van der Waals surface area contributed by atoms with Crippen LogP contribution in [-0.2, 0) is 4.84 Å². The summed E-state index contributed by atoms with van der Waals surface area (Å²) in [5.74, 6) is -0.230. The molecule has 0 atom stereocenters. The molecule has 0 unspecified atom stereocenters. The van der Waals surface area contributed by atoms with Crippen LogP contribution < -0.4 is 15.5 Å². The van der Waals surface area contributed by atoms with E-state index in [2.05, 4.69) is 0 Å². The van der Waals surface area contributed by atoms with Crippen molar-refractivity contribution in [3.05, 3.63) is 77.9 Å². The third-order valence-corrected chi connectivity index (χ3v) is 3.82. The molecule has 0 saturated carbocycles. The van der Waals surface area contributed by atoms with Crippen molar-refractivity contribution >= 4 is 23.2 Å². The molecule has 3 N–H and O–H groups in total. The van der Waals surface area contributed by atoms with Crippen LogP contribution in [-0.4, -0.2) is 25.0 Å². The zero-order valence-electron chi connectivity index (χ0n) is 14.1. The second-order valence-corrected chi connectivity index (χ2v) is 5.83. The van der Waals surface area contributed by atoms with Crippen LogP contribution in [0.3, 0.4) is 0 Å². The van der Waals surface area contributed by atoms with Gasteiger partial charge in [0.25, 0.3) is 0 Å². The Balaban J connectivity index is 1.66. The Morgan fingerprint density at radius 1 is 1.12 bits per heavy atom. The van der Waals surface area contributed by atoms with Gasteiger partial charge in [-0.1, -0.05) is 23.8 Å². The highest BCUT2D eigenvalue weighted by atomic mass is 16.8. The van der Waals surface area contributed by atoms with Crippen molar-refractivity contribution in [2.24, 2.45) is 0 Å². The molecule has 0 bridgehead atoms. The Morgan fingerprint density at radius 2 is 1.80 bits per heavy atom. The number of nitrogens with zero attached hydrogens (tertiary/aromatic N) is 2. The Labute approximate surface area is 146 Å². The maximum absolute atomic E-state index is 12.3. The first-order valence-corrected chi connectivity index (χ1v) is 7.82. The van der Waals surface area contributed by atoms with Crippen LogP contribution in [0.25, 0.3) is 6.08 Å². The van der Waals surface area contributed by atoms with Gasteiger partial charge in [-0.25, -0.2) is 0 Å². The van der Waals surface area contributed by atoms with E-state index in [0.29, 0.717) is 5.56 Å². The molecule has 3 rings (SSSR count). The van der Waals surface area contributed by atoms with Crippen molar-refractivity contribution in [1.82, 2.24) is 0 Å². The molecular weight excluding hydrogens is 318 g/mol. The van der Waals surface area contributed by atoms with Gasteiger partial charge in [0.2, 0.25) is 0 Å². The molecular formula is C19H20N3O3+. The zero-order chi connectivity index (χ0) is 17.8. The highest BCUT2D eigenvalue weighted by Gasteiger charge is 2.18. The van der Waals surface area contributed by atoms with Crippen molar-refractivity contribution in [1.29, 1.82) is 0 Å². The van der Waals surface area contributed by atoms with Gasteiger partial charge in [-0.2, -0.15) is 5.01 Å². The zero-order valence-corrected chi connectivity index (χ0v) is 14.1. The predicted molar refractivity (Wildman–Crippen MR) is 96.8 cm³/mol. The molecule has 0 aliphatic carbocycles. The van der Waals surface area contributed by atoms with Crippen LogP contribution in [0.1, 0.15) is 15.9 Å². The normalized spacial score (nSPS) is 13.7. The van der Waals surface area contributed by atoms with E-state index in [-0.39, 0.29) is 11.7 Å². The minimum atomic E-state index is -0.164. The Kier molecular flexibility index (Phi) is 4.72. The number of rotatable bonds is 5. The fraction of sp³-hybridized carbons (Fsp3) is 0.105. The standard InChI is InChI=1S/C19H19N3O3/c1-21(2)16-8-3-14(4-9-16)5-12-18(23)15-6-10-17(11-7-15)22-13-19(24)25-20-22/h3-13,20,24H,1-2H3/p+1/b12-5+. The molecule has 1 heterocycles. The summed E-state index contributed by atoms with van der Waals surface area (Å²) in [6, 6.07) is 15.0. The van der Waals surface area contributed by atoms with E-state index in [4.69, 9.17) is 4.84 Å². The number of benzene rings is 2. The Hall–Kier alpha value is -3.25. The van der Waals surface area contributed by atoms with Gasteiger partial charge in [-0.3, -0.25) is 9.63 Å². The first kappa shape index (κ1) is 16.6. The maximum atomic E-state index is 12.3.